The standard InChI is InChI=1S/C10H12FNO/c11-8-3-1-2-4-9(8)13-10(7-12)5-6-10/h1-4H,5-7,12H2. The molecule has 0 heterocycles. The van der Waals surface area contributed by atoms with Gasteiger partial charge < -0.3 is 10.5 Å². The quantitative estimate of drug-likeness (QED) is 0.770. The van der Waals surface area contributed by atoms with Crippen LogP contribution in [0.25, 0.3) is 0 Å². The number of rotatable bonds is 3. The lowest BCUT2D eigenvalue weighted by Crippen LogP contribution is -2.28. The van der Waals surface area contributed by atoms with Gasteiger partial charge in [0.05, 0.1) is 0 Å². The molecule has 1 aliphatic rings. The van der Waals surface area contributed by atoms with E-state index in [0.717, 1.165) is 12.8 Å². The zero-order valence-corrected chi connectivity index (χ0v) is 7.29. The Labute approximate surface area is 76.5 Å². The van der Waals surface area contributed by atoms with Gasteiger partial charge in [-0.05, 0) is 25.0 Å². The SMILES string of the molecule is NCC1(Oc2ccccc2F)CC1. The van der Waals surface area contributed by atoms with Gasteiger partial charge in [0.25, 0.3) is 0 Å². The summed E-state index contributed by atoms with van der Waals surface area (Å²) in [5, 5.41) is 0. The molecule has 2 nitrogen and oxygen atoms in total. The van der Waals surface area contributed by atoms with Crippen LogP contribution in [0.1, 0.15) is 12.8 Å². The molecule has 2 rings (SSSR count). The molecule has 0 atom stereocenters. The predicted molar refractivity (Wildman–Crippen MR) is 48.0 cm³/mol. The molecule has 2 N–H and O–H groups in total. The number of hydrogen-bond donors (Lipinski definition) is 1. The molecule has 1 fully saturated rings. The first-order valence-electron chi connectivity index (χ1n) is 4.39. The van der Waals surface area contributed by atoms with Crippen LogP contribution in [-0.2, 0) is 0 Å². The van der Waals surface area contributed by atoms with Gasteiger partial charge in [0.15, 0.2) is 11.6 Å². The summed E-state index contributed by atoms with van der Waals surface area (Å²) in [4.78, 5) is 0. The fourth-order valence-corrected chi connectivity index (χ4v) is 1.25. The van der Waals surface area contributed by atoms with Gasteiger partial charge in [-0.1, -0.05) is 12.1 Å². The van der Waals surface area contributed by atoms with E-state index >= 15 is 0 Å². The first-order valence-corrected chi connectivity index (χ1v) is 4.39. The molecule has 0 aliphatic heterocycles. The largest absolute Gasteiger partial charge is 0.483 e. The lowest BCUT2D eigenvalue weighted by Gasteiger charge is -2.15. The Morgan fingerprint density at radius 1 is 1.38 bits per heavy atom. The predicted octanol–water partition coefficient (Wildman–Crippen LogP) is 1.70. The molecule has 70 valence electrons. The zero-order valence-electron chi connectivity index (χ0n) is 7.29. The second-order valence-corrected chi connectivity index (χ2v) is 3.42. The highest BCUT2D eigenvalue weighted by Gasteiger charge is 2.44. The maximum Gasteiger partial charge on any atom is 0.165 e. The van der Waals surface area contributed by atoms with Gasteiger partial charge in [0.1, 0.15) is 5.60 Å². The Morgan fingerprint density at radius 3 is 2.62 bits per heavy atom. The molecule has 1 aliphatic carbocycles. The van der Waals surface area contributed by atoms with Gasteiger partial charge >= 0.3 is 0 Å². The molecule has 1 saturated carbocycles. The van der Waals surface area contributed by atoms with Crippen molar-refractivity contribution in [3.8, 4) is 5.75 Å². The van der Waals surface area contributed by atoms with Gasteiger partial charge in [-0.25, -0.2) is 4.39 Å². The number of halogens is 1. The van der Waals surface area contributed by atoms with Crippen molar-refractivity contribution >= 4 is 0 Å². The van der Waals surface area contributed by atoms with Gasteiger partial charge in [-0.2, -0.15) is 0 Å². The van der Waals surface area contributed by atoms with E-state index in [4.69, 9.17) is 10.5 Å². The summed E-state index contributed by atoms with van der Waals surface area (Å²) < 4.78 is 18.6. The highest BCUT2D eigenvalue weighted by atomic mass is 19.1. The lowest BCUT2D eigenvalue weighted by molar-refractivity contribution is 0.179. The van der Waals surface area contributed by atoms with Crippen LogP contribution in [-0.4, -0.2) is 12.1 Å². The van der Waals surface area contributed by atoms with Gasteiger partial charge in [-0.15, -0.1) is 0 Å². The molecule has 0 radical (unpaired) electrons. The maximum atomic E-state index is 13.1. The van der Waals surface area contributed by atoms with E-state index in [0.29, 0.717) is 12.3 Å². The minimum absolute atomic E-state index is 0.276. The molecule has 0 amide bonds. The number of hydrogen-bond acceptors (Lipinski definition) is 2. The van der Waals surface area contributed by atoms with Crippen LogP contribution in [0, 0.1) is 5.82 Å². The normalized spacial score (nSPS) is 18.3. The van der Waals surface area contributed by atoms with Crippen LogP contribution in [0.3, 0.4) is 0 Å². The summed E-state index contributed by atoms with van der Waals surface area (Å²) in [6.07, 6.45) is 1.86. The Bertz CT molecular complexity index is 310. The summed E-state index contributed by atoms with van der Waals surface area (Å²) in [6, 6.07) is 6.42. The van der Waals surface area contributed by atoms with Crippen molar-refractivity contribution in [1.82, 2.24) is 0 Å². The molecule has 0 spiro atoms. The van der Waals surface area contributed by atoms with Crippen LogP contribution < -0.4 is 10.5 Å². The van der Waals surface area contributed by atoms with Crippen molar-refractivity contribution in [2.24, 2.45) is 5.73 Å². The van der Waals surface area contributed by atoms with Crippen molar-refractivity contribution in [1.29, 1.82) is 0 Å². The first-order chi connectivity index (χ1) is 6.26. The van der Waals surface area contributed by atoms with Crippen molar-refractivity contribution in [2.75, 3.05) is 6.54 Å². The minimum atomic E-state index is -0.317. The van der Waals surface area contributed by atoms with Crippen LogP contribution in [0.4, 0.5) is 4.39 Å². The highest BCUT2D eigenvalue weighted by molar-refractivity contribution is 5.25. The van der Waals surface area contributed by atoms with Gasteiger partial charge in [0, 0.05) is 6.54 Å². The number of nitrogens with two attached hydrogens (primary N) is 1. The summed E-state index contributed by atoms with van der Waals surface area (Å²) in [6.45, 7) is 0.460. The van der Waals surface area contributed by atoms with Crippen molar-refractivity contribution < 1.29 is 9.13 Å². The average Bonchev–Trinajstić information content (AvgIpc) is 2.90. The molecule has 1 aromatic carbocycles. The van der Waals surface area contributed by atoms with Gasteiger partial charge in [0.2, 0.25) is 0 Å². The maximum absolute atomic E-state index is 13.1. The minimum Gasteiger partial charge on any atom is -0.483 e. The van der Waals surface area contributed by atoms with E-state index < -0.39 is 0 Å². The fraction of sp³-hybridized carbons (Fsp3) is 0.400. The van der Waals surface area contributed by atoms with E-state index in [2.05, 4.69) is 0 Å². The molecule has 3 heteroatoms. The summed E-state index contributed by atoms with van der Waals surface area (Å²) in [7, 11) is 0. The van der Waals surface area contributed by atoms with E-state index in [1.54, 1.807) is 18.2 Å². The average molecular weight is 181 g/mol. The van der Waals surface area contributed by atoms with Gasteiger partial charge in [-0.3, -0.25) is 0 Å². The third kappa shape index (κ3) is 1.65. The Morgan fingerprint density at radius 2 is 2.08 bits per heavy atom. The number of para-hydroxylation sites is 1. The van der Waals surface area contributed by atoms with Crippen molar-refractivity contribution in [3.63, 3.8) is 0 Å². The Kier molecular flexibility index (Phi) is 1.96. The highest BCUT2D eigenvalue weighted by Crippen LogP contribution is 2.39. The van der Waals surface area contributed by atoms with Crippen LogP contribution in [0.5, 0.6) is 5.75 Å². The first kappa shape index (κ1) is 8.51. The Hall–Kier alpha value is -1.09. The fourth-order valence-electron chi connectivity index (χ4n) is 1.25. The third-order valence-electron chi connectivity index (χ3n) is 2.34. The third-order valence-corrected chi connectivity index (χ3v) is 2.34. The topological polar surface area (TPSA) is 35.2 Å². The molecular weight excluding hydrogens is 169 g/mol. The van der Waals surface area contributed by atoms with Crippen molar-refractivity contribution in [2.45, 2.75) is 18.4 Å². The zero-order chi connectivity index (χ0) is 9.31. The molecule has 0 saturated heterocycles. The number of ether oxygens (including phenoxy) is 1. The van der Waals surface area contributed by atoms with E-state index in [-0.39, 0.29) is 11.4 Å². The Balaban J connectivity index is 2.14. The molecular formula is C10H12FNO. The molecule has 0 aromatic heterocycles. The van der Waals surface area contributed by atoms with E-state index in [9.17, 15) is 4.39 Å². The van der Waals surface area contributed by atoms with Crippen LogP contribution in [0.15, 0.2) is 24.3 Å². The molecule has 0 bridgehead atoms. The van der Waals surface area contributed by atoms with E-state index in [1.165, 1.54) is 6.07 Å². The molecule has 0 unspecified atom stereocenters. The number of benzene rings is 1. The van der Waals surface area contributed by atoms with Crippen LogP contribution >= 0.6 is 0 Å². The summed E-state index contributed by atoms with van der Waals surface area (Å²) in [5.41, 5.74) is 5.24. The van der Waals surface area contributed by atoms with Crippen LogP contribution in [0.2, 0.25) is 0 Å². The smallest absolute Gasteiger partial charge is 0.165 e. The second-order valence-electron chi connectivity index (χ2n) is 3.42. The molecule has 13 heavy (non-hydrogen) atoms. The monoisotopic (exact) mass is 181 g/mol. The lowest BCUT2D eigenvalue weighted by atomic mass is 10.3. The second kappa shape index (κ2) is 3.00. The van der Waals surface area contributed by atoms with E-state index in [1.807, 2.05) is 0 Å². The summed E-state index contributed by atoms with van der Waals surface area (Å²) in [5.74, 6) is -0.00678. The van der Waals surface area contributed by atoms with Crippen molar-refractivity contribution in [3.05, 3.63) is 30.1 Å². The molecule has 1 aromatic rings. The summed E-state index contributed by atoms with van der Waals surface area (Å²) >= 11 is 0.